The molecule has 0 amide bonds. The highest BCUT2D eigenvalue weighted by atomic mass is 16.5. The van der Waals surface area contributed by atoms with E-state index < -0.39 is 5.41 Å². The van der Waals surface area contributed by atoms with Gasteiger partial charge in [-0.15, -0.1) is 0 Å². The molecule has 8 aromatic carbocycles. The number of nitrogens with zero attached hydrogens (tertiary/aromatic N) is 1. The predicted octanol–water partition coefficient (Wildman–Crippen LogP) is 12.6. The van der Waals surface area contributed by atoms with E-state index in [-0.39, 0.29) is 6.17 Å². The largest absolute Gasteiger partial charge is 0.457 e. The number of aliphatic imine (C=N–C) groups is 1. The average Bonchev–Trinajstić information content (AvgIpc) is 3.57. The van der Waals surface area contributed by atoms with E-state index in [0.29, 0.717) is 0 Å². The molecule has 264 valence electrons. The molecule has 3 nitrogen and oxygen atoms in total. The summed E-state index contributed by atoms with van der Waals surface area (Å²) in [5.41, 5.74) is 16.7. The molecule has 3 aliphatic rings. The molecule has 0 fully saturated rings. The van der Waals surface area contributed by atoms with E-state index in [1.807, 2.05) is 0 Å². The van der Waals surface area contributed by atoms with Crippen LogP contribution >= 0.6 is 0 Å². The van der Waals surface area contributed by atoms with Gasteiger partial charge in [-0.05, 0) is 86.0 Å². The number of allylic oxidation sites excluding steroid dienone is 1. The van der Waals surface area contributed by atoms with Crippen molar-refractivity contribution in [3.63, 3.8) is 0 Å². The molecule has 1 atom stereocenters. The second-order valence-electron chi connectivity index (χ2n) is 14.7. The Balaban J connectivity index is 1.08. The van der Waals surface area contributed by atoms with Gasteiger partial charge in [0.25, 0.3) is 0 Å². The number of ether oxygens (including phenoxy) is 1. The normalized spacial score (nSPS) is 15.6. The minimum absolute atomic E-state index is 0.313. The summed E-state index contributed by atoms with van der Waals surface area (Å²) >= 11 is 0. The van der Waals surface area contributed by atoms with Crippen molar-refractivity contribution in [2.24, 2.45) is 4.99 Å². The molecule has 0 bridgehead atoms. The smallest absolute Gasteiger partial charge is 0.145 e. The third-order valence-electron chi connectivity index (χ3n) is 11.6. The van der Waals surface area contributed by atoms with Crippen LogP contribution in [-0.2, 0) is 5.41 Å². The Labute approximate surface area is 327 Å². The van der Waals surface area contributed by atoms with E-state index in [0.717, 1.165) is 56.3 Å². The van der Waals surface area contributed by atoms with E-state index in [1.54, 1.807) is 0 Å². The summed E-state index contributed by atoms with van der Waals surface area (Å²) in [5, 5.41) is 3.82. The van der Waals surface area contributed by atoms with Crippen molar-refractivity contribution in [2.45, 2.75) is 11.6 Å². The predicted molar refractivity (Wildman–Crippen MR) is 228 cm³/mol. The Morgan fingerprint density at radius 1 is 0.411 bits per heavy atom. The second-order valence-corrected chi connectivity index (χ2v) is 14.7. The van der Waals surface area contributed by atoms with Gasteiger partial charge in [-0.1, -0.05) is 176 Å². The molecule has 11 rings (SSSR count). The zero-order valence-electron chi connectivity index (χ0n) is 30.6. The van der Waals surface area contributed by atoms with Gasteiger partial charge in [0.15, 0.2) is 0 Å². The van der Waals surface area contributed by atoms with Gasteiger partial charge in [0.05, 0.1) is 11.1 Å². The molecule has 1 aliphatic carbocycles. The molecule has 0 unspecified atom stereocenters. The highest BCUT2D eigenvalue weighted by molar-refractivity contribution is 6.13. The number of rotatable bonds is 5. The van der Waals surface area contributed by atoms with Crippen LogP contribution in [0.3, 0.4) is 0 Å². The van der Waals surface area contributed by atoms with Crippen LogP contribution in [-0.4, -0.2) is 5.71 Å². The van der Waals surface area contributed by atoms with Gasteiger partial charge in [-0.25, -0.2) is 0 Å². The van der Waals surface area contributed by atoms with E-state index in [9.17, 15) is 0 Å². The number of hydrogen-bond donors (Lipinski definition) is 1. The molecule has 0 saturated carbocycles. The van der Waals surface area contributed by atoms with Crippen LogP contribution in [0.5, 0.6) is 11.5 Å². The first-order chi connectivity index (χ1) is 27.7. The molecule has 1 spiro atoms. The van der Waals surface area contributed by atoms with Crippen molar-refractivity contribution >= 4 is 11.4 Å². The molecule has 0 aromatic heterocycles. The first kappa shape index (κ1) is 32.2. The molecular formula is C53H36N2O. The number of nitrogens with one attached hydrogen (secondary N) is 1. The van der Waals surface area contributed by atoms with Crippen molar-refractivity contribution < 1.29 is 4.74 Å². The van der Waals surface area contributed by atoms with Crippen molar-refractivity contribution in [3.05, 3.63) is 245 Å². The van der Waals surface area contributed by atoms with Gasteiger partial charge < -0.3 is 10.1 Å². The molecule has 3 heteroatoms. The standard InChI is InChI=1S/C53H36N2O/c1-3-15-35(16-4-1)37-19-13-21-39(31-37)48-34-49(55-52(54-48)41-22-14-20-38(32-41)36-17-5-2-6-18-36)40-29-30-47-51(33-40)56-50-28-12-11-27-46(50)53(47)44-25-9-7-23-42(44)43-24-8-10-26-45(43)53/h1-34,52,54H/t52-/m0/s1. The maximum atomic E-state index is 6.89. The minimum atomic E-state index is -0.509. The SMILES string of the molecule is C1=C(c2cccc(-c3ccccc3)c2)N[C@H](c2cccc(-c3ccccc3)c2)N=C1c1ccc2c(c1)Oc1ccccc1C21c2ccccc2-c2ccccc21. The lowest BCUT2D eigenvalue weighted by Gasteiger charge is -2.39. The molecule has 1 N–H and O–H groups in total. The van der Waals surface area contributed by atoms with E-state index in [1.165, 1.54) is 38.9 Å². The Hall–Kier alpha value is -7.23. The molecule has 0 radical (unpaired) electrons. The highest BCUT2D eigenvalue weighted by Crippen LogP contribution is 2.62. The Morgan fingerprint density at radius 3 is 1.68 bits per heavy atom. The van der Waals surface area contributed by atoms with Gasteiger partial charge in [-0.2, -0.15) is 0 Å². The molecule has 2 aliphatic heterocycles. The number of hydrogen-bond acceptors (Lipinski definition) is 3. The summed E-state index contributed by atoms with van der Waals surface area (Å²) < 4.78 is 6.89. The zero-order valence-corrected chi connectivity index (χ0v) is 30.6. The van der Waals surface area contributed by atoms with Crippen molar-refractivity contribution in [2.75, 3.05) is 0 Å². The van der Waals surface area contributed by atoms with E-state index >= 15 is 0 Å². The summed E-state index contributed by atoms with van der Waals surface area (Å²) in [5.74, 6) is 1.72. The first-order valence-corrected chi connectivity index (χ1v) is 19.2. The average molecular weight is 717 g/mol. The quantitative estimate of drug-likeness (QED) is 0.192. The monoisotopic (exact) mass is 716 g/mol. The summed E-state index contributed by atoms with van der Waals surface area (Å²) in [7, 11) is 0. The molecule has 8 aromatic rings. The zero-order chi connectivity index (χ0) is 37.1. The van der Waals surface area contributed by atoms with Crippen LogP contribution in [0.2, 0.25) is 0 Å². The Morgan fingerprint density at radius 2 is 0.964 bits per heavy atom. The maximum absolute atomic E-state index is 6.89. The Bertz CT molecular complexity index is 2830. The van der Waals surface area contributed by atoms with Gasteiger partial charge in [0.1, 0.15) is 17.7 Å². The number of para-hydroxylation sites is 1. The fourth-order valence-corrected chi connectivity index (χ4v) is 9.05. The summed E-state index contributed by atoms with van der Waals surface area (Å²) in [6, 6.07) is 71.5. The van der Waals surface area contributed by atoms with Gasteiger partial charge in [0.2, 0.25) is 0 Å². The molecule has 56 heavy (non-hydrogen) atoms. The summed E-state index contributed by atoms with van der Waals surface area (Å²) in [6.45, 7) is 0. The fraction of sp³-hybridized carbons (Fsp3) is 0.0377. The van der Waals surface area contributed by atoms with Crippen LogP contribution in [0, 0.1) is 0 Å². The van der Waals surface area contributed by atoms with Crippen LogP contribution in [0.15, 0.2) is 211 Å². The first-order valence-electron chi connectivity index (χ1n) is 19.2. The van der Waals surface area contributed by atoms with Crippen LogP contribution < -0.4 is 10.1 Å². The molecule has 0 saturated heterocycles. The number of fused-ring (bicyclic) bond motifs is 9. The lowest BCUT2D eigenvalue weighted by molar-refractivity contribution is 0.436. The number of benzene rings is 8. The summed E-state index contributed by atoms with van der Waals surface area (Å²) in [4.78, 5) is 5.44. The molecule has 2 heterocycles. The topological polar surface area (TPSA) is 33.6 Å². The van der Waals surface area contributed by atoms with Crippen LogP contribution in [0.4, 0.5) is 0 Å². The molecular weight excluding hydrogens is 681 g/mol. The second kappa shape index (κ2) is 13.0. The lowest BCUT2D eigenvalue weighted by atomic mass is 9.66. The lowest BCUT2D eigenvalue weighted by Crippen LogP contribution is -2.32. The van der Waals surface area contributed by atoms with E-state index in [2.05, 4.69) is 212 Å². The summed E-state index contributed by atoms with van der Waals surface area (Å²) in [6.07, 6.45) is 1.88. The van der Waals surface area contributed by atoms with Crippen LogP contribution in [0.1, 0.15) is 45.1 Å². The highest BCUT2D eigenvalue weighted by Gasteiger charge is 2.50. The van der Waals surface area contributed by atoms with Crippen LogP contribution in [0.25, 0.3) is 39.1 Å². The third kappa shape index (κ3) is 5.09. The van der Waals surface area contributed by atoms with Crippen molar-refractivity contribution in [1.82, 2.24) is 5.32 Å². The van der Waals surface area contributed by atoms with E-state index in [4.69, 9.17) is 9.73 Å². The minimum Gasteiger partial charge on any atom is -0.457 e. The van der Waals surface area contributed by atoms with Crippen molar-refractivity contribution in [1.29, 1.82) is 0 Å². The van der Waals surface area contributed by atoms with Gasteiger partial charge in [0, 0.05) is 22.4 Å². The Kier molecular flexibility index (Phi) is 7.46. The van der Waals surface area contributed by atoms with Crippen molar-refractivity contribution in [3.8, 4) is 44.9 Å². The van der Waals surface area contributed by atoms with Gasteiger partial charge in [-0.3, -0.25) is 4.99 Å². The third-order valence-corrected chi connectivity index (χ3v) is 11.6. The van der Waals surface area contributed by atoms with Gasteiger partial charge >= 0.3 is 0 Å². The maximum Gasteiger partial charge on any atom is 0.145 e. The fourth-order valence-electron chi connectivity index (χ4n) is 9.05.